The lowest BCUT2D eigenvalue weighted by molar-refractivity contribution is 0.315. The molecule has 2 aromatic carbocycles. The molecule has 5 nitrogen and oxygen atoms in total. The van der Waals surface area contributed by atoms with E-state index in [4.69, 9.17) is 5.73 Å². The number of nitrogens with two attached hydrogens (primary N) is 1. The summed E-state index contributed by atoms with van der Waals surface area (Å²) >= 11 is 0. The van der Waals surface area contributed by atoms with Crippen molar-refractivity contribution in [3.63, 3.8) is 0 Å². The van der Waals surface area contributed by atoms with Crippen LogP contribution >= 0.6 is 0 Å². The maximum Gasteiger partial charge on any atom is 0.222 e. The van der Waals surface area contributed by atoms with Crippen LogP contribution in [0.15, 0.2) is 60.7 Å². The third kappa shape index (κ3) is 5.02. The van der Waals surface area contributed by atoms with E-state index in [0.717, 1.165) is 17.9 Å². The number of nitrogens with zero attached hydrogens (tertiary/aromatic N) is 3. The van der Waals surface area contributed by atoms with Gasteiger partial charge in [0.2, 0.25) is 5.95 Å². The maximum atomic E-state index is 5.88. The molecule has 0 atom stereocenters. The lowest BCUT2D eigenvalue weighted by Gasteiger charge is -2.17. The molecule has 0 radical (unpaired) electrons. The molecule has 0 unspecified atom stereocenters. The molecule has 0 saturated carbocycles. The maximum absolute atomic E-state index is 5.88. The van der Waals surface area contributed by atoms with Gasteiger partial charge in [-0.2, -0.15) is 4.98 Å². The average Bonchev–Trinajstić information content (AvgIpc) is 2.57. The number of nitrogen functional groups attached to an aromatic ring is 1. The molecule has 3 N–H and O–H groups in total. The minimum absolute atomic E-state index is 0.278. The van der Waals surface area contributed by atoms with Gasteiger partial charge < -0.3 is 11.1 Å². The molecule has 0 amide bonds. The van der Waals surface area contributed by atoms with Gasteiger partial charge in [0.05, 0.1) is 5.69 Å². The van der Waals surface area contributed by atoms with Crippen molar-refractivity contribution >= 4 is 17.5 Å². The standard InChI is InChI=1S/C20H23N5/c1-15-8-10-17(11-9-15)22-19-12-18(23-20(21)24-19)14-25(2)13-16-6-4-3-5-7-16/h3-12H,13-14H2,1-2H3,(H3,21,22,23,24). The SMILES string of the molecule is Cc1ccc(Nc2cc(CN(C)Cc3ccccc3)nc(N)n2)cc1. The Hall–Kier alpha value is -2.92. The van der Waals surface area contributed by atoms with Gasteiger partial charge in [-0.15, -0.1) is 0 Å². The van der Waals surface area contributed by atoms with Crippen molar-refractivity contribution in [2.75, 3.05) is 18.1 Å². The summed E-state index contributed by atoms with van der Waals surface area (Å²) in [6.45, 7) is 3.61. The highest BCUT2D eigenvalue weighted by atomic mass is 15.1. The number of anilines is 3. The predicted octanol–water partition coefficient (Wildman–Crippen LogP) is 3.74. The molecule has 0 saturated heterocycles. The van der Waals surface area contributed by atoms with Crippen LogP contribution in [0.4, 0.5) is 17.5 Å². The predicted molar refractivity (Wildman–Crippen MR) is 103 cm³/mol. The Morgan fingerprint density at radius 1 is 0.960 bits per heavy atom. The van der Waals surface area contributed by atoms with Crippen LogP contribution in [0.1, 0.15) is 16.8 Å². The van der Waals surface area contributed by atoms with Crippen LogP contribution in [0.5, 0.6) is 0 Å². The molecule has 0 fully saturated rings. The first kappa shape index (κ1) is 16.9. The number of benzene rings is 2. The summed E-state index contributed by atoms with van der Waals surface area (Å²) in [4.78, 5) is 10.8. The van der Waals surface area contributed by atoms with Gasteiger partial charge in [-0.25, -0.2) is 4.98 Å². The van der Waals surface area contributed by atoms with Gasteiger partial charge in [-0.05, 0) is 31.7 Å². The first-order valence-electron chi connectivity index (χ1n) is 8.28. The summed E-state index contributed by atoms with van der Waals surface area (Å²) in [5.41, 5.74) is 10.2. The molecular formula is C20H23N5. The molecular weight excluding hydrogens is 310 g/mol. The molecule has 0 aliphatic rings. The van der Waals surface area contributed by atoms with Crippen molar-refractivity contribution in [1.29, 1.82) is 0 Å². The average molecular weight is 333 g/mol. The zero-order valence-electron chi connectivity index (χ0n) is 14.6. The molecule has 3 rings (SSSR count). The lowest BCUT2D eigenvalue weighted by atomic mass is 10.2. The minimum atomic E-state index is 0.278. The number of hydrogen-bond donors (Lipinski definition) is 2. The normalized spacial score (nSPS) is 10.8. The first-order valence-corrected chi connectivity index (χ1v) is 8.28. The van der Waals surface area contributed by atoms with Gasteiger partial charge in [0.15, 0.2) is 0 Å². The van der Waals surface area contributed by atoms with Gasteiger partial charge in [-0.3, -0.25) is 4.90 Å². The van der Waals surface area contributed by atoms with E-state index in [-0.39, 0.29) is 5.95 Å². The van der Waals surface area contributed by atoms with Crippen LogP contribution in [0.2, 0.25) is 0 Å². The van der Waals surface area contributed by atoms with Gasteiger partial charge in [0, 0.05) is 24.8 Å². The van der Waals surface area contributed by atoms with E-state index in [1.54, 1.807) is 0 Å². The molecule has 0 bridgehead atoms. The van der Waals surface area contributed by atoms with Crippen molar-refractivity contribution < 1.29 is 0 Å². The van der Waals surface area contributed by atoms with Crippen LogP contribution in [0.25, 0.3) is 0 Å². The topological polar surface area (TPSA) is 67.1 Å². The number of aromatic nitrogens is 2. The third-order valence-electron chi connectivity index (χ3n) is 3.85. The summed E-state index contributed by atoms with van der Waals surface area (Å²) in [7, 11) is 2.07. The van der Waals surface area contributed by atoms with E-state index in [1.165, 1.54) is 11.1 Å². The van der Waals surface area contributed by atoms with E-state index in [9.17, 15) is 0 Å². The highest BCUT2D eigenvalue weighted by Gasteiger charge is 2.07. The fraction of sp³-hybridized carbons (Fsp3) is 0.200. The highest BCUT2D eigenvalue weighted by Crippen LogP contribution is 2.17. The Labute approximate surface area is 148 Å². The largest absolute Gasteiger partial charge is 0.368 e. The quantitative estimate of drug-likeness (QED) is 0.719. The van der Waals surface area contributed by atoms with E-state index in [2.05, 4.69) is 70.6 Å². The van der Waals surface area contributed by atoms with Crippen LogP contribution in [-0.2, 0) is 13.1 Å². The highest BCUT2D eigenvalue weighted by molar-refractivity contribution is 5.57. The molecule has 25 heavy (non-hydrogen) atoms. The monoisotopic (exact) mass is 333 g/mol. The van der Waals surface area contributed by atoms with Crippen molar-refractivity contribution in [3.05, 3.63) is 77.5 Å². The zero-order valence-corrected chi connectivity index (χ0v) is 14.6. The number of nitrogens with one attached hydrogen (secondary N) is 1. The van der Waals surface area contributed by atoms with Gasteiger partial charge in [0.1, 0.15) is 5.82 Å². The molecule has 1 aromatic heterocycles. The fourth-order valence-electron chi connectivity index (χ4n) is 2.68. The number of aryl methyl sites for hydroxylation is 1. The summed E-state index contributed by atoms with van der Waals surface area (Å²) in [5, 5.41) is 3.29. The summed E-state index contributed by atoms with van der Waals surface area (Å²) in [5.74, 6) is 0.986. The molecule has 0 spiro atoms. The molecule has 3 aromatic rings. The Bertz CT molecular complexity index is 815. The van der Waals surface area contributed by atoms with Gasteiger partial charge in [-0.1, -0.05) is 48.0 Å². The van der Waals surface area contributed by atoms with Crippen LogP contribution in [-0.4, -0.2) is 21.9 Å². The Morgan fingerprint density at radius 3 is 2.40 bits per heavy atom. The number of rotatable bonds is 6. The Balaban J connectivity index is 1.69. The lowest BCUT2D eigenvalue weighted by Crippen LogP contribution is -2.18. The van der Waals surface area contributed by atoms with E-state index >= 15 is 0 Å². The summed E-state index contributed by atoms with van der Waals surface area (Å²) in [6.07, 6.45) is 0. The fourth-order valence-corrected chi connectivity index (χ4v) is 2.68. The van der Waals surface area contributed by atoms with Crippen molar-refractivity contribution in [2.24, 2.45) is 0 Å². The second-order valence-corrected chi connectivity index (χ2v) is 6.25. The van der Waals surface area contributed by atoms with E-state index in [1.807, 2.05) is 24.3 Å². The van der Waals surface area contributed by atoms with E-state index in [0.29, 0.717) is 12.4 Å². The Kier molecular flexibility index (Phi) is 5.26. The van der Waals surface area contributed by atoms with Crippen molar-refractivity contribution in [2.45, 2.75) is 20.0 Å². The summed E-state index contributed by atoms with van der Waals surface area (Å²) < 4.78 is 0. The molecule has 1 heterocycles. The summed E-state index contributed by atoms with van der Waals surface area (Å²) in [6, 6.07) is 20.5. The minimum Gasteiger partial charge on any atom is -0.368 e. The molecule has 0 aliphatic heterocycles. The third-order valence-corrected chi connectivity index (χ3v) is 3.85. The molecule has 0 aliphatic carbocycles. The van der Waals surface area contributed by atoms with Crippen LogP contribution < -0.4 is 11.1 Å². The zero-order chi connectivity index (χ0) is 17.6. The first-order chi connectivity index (χ1) is 12.1. The van der Waals surface area contributed by atoms with Crippen molar-refractivity contribution in [3.8, 4) is 0 Å². The smallest absolute Gasteiger partial charge is 0.222 e. The van der Waals surface area contributed by atoms with Crippen LogP contribution in [0, 0.1) is 6.92 Å². The second kappa shape index (κ2) is 7.77. The van der Waals surface area contributed by atoms with E-state index < -0.39 is 0 Å². The molecule has 128 valence electrons. The second-order valence-electron chi connectivity index (χ2n) is 6.25. The van der Waals surface area contributed by atoms with Gasteiger partial charge in [0.25, 0.3) is 0 Å². The number of hydrogen-bond acceptors (Lipinski definition) is 5. The van der Waals surface area contributed by atoms with Gasteiger partial charge >= 0.3 is 0 Å². The molecule has 5 heteroatoms. The van der Waals surface area contributed by atoms with Crippen molar-refractivity contribution in [1.82, 2.24) is 14.9 Å². The van der Waals surface area contributed by atoms with Crippen LogP contribution in [0.3, 0.4) is 0 Å². The Morgan fingerprint density at radius 2 is 1.68 bits per heavy atom.